The monoisotopic (exact) mass is 505 g/mol. The minimum Gasteiger partial charge on any atom is -0.493 e. The van der Waals surface area contributed by atoms with Gasteiger partial charge in [0.1, 0.15) is 11.3 Å². The van der Waals surface area contributed by atoms with E-state index in [2.05, 4.69) is 0 Å². The van der Waals surface area contributed by atoms with Crippen LogP contribution >= 0.6 is 12.2 Å². The van der Waals surface area contributed by atoms with Crippen LogP contribution in [0.25, 0.3) is 0 Å². The summed E-state index contributed by atoms with van der Waals surface area (Å²) in [5.74, 6) is -0.0864. The van der Waals surface area contributed by atoms with E-state index >= 15 is 0 Å². The Kier molecular flexibility index (Phi) is 6.48. The summed E-state index contributed by atoms with van der Waals surface area (Å²) in [5, 5.41) is 18.9. The second-order valence-corrected chi connectivity index (χ2v) is 9.19. The Hall–Kier alpha value is -3.20. The van der Waals surface area contributed by atoms with Gasteiger partial charge in [-0.15, -0.1) is 0 Å². The number of thiocarbonyl (C=S) groups is 1. The summed E-state index contributed by atoms with van der Waals surface area (Å²) in [4.78, 5) is 15.9. The second-order valence-electron chi connectivity index (χ2n) is 8.83. The zero-order chi connectivity index (χ0) is 25.5. The number of ether oxygens (including phenoxy) is 2. The molecule has 0 radical (unpaired) electrons. The van der Waals surface area contributed by atoms with E-state index in [4.69, 9.17) is 27.0 Å². The van der Waals surface area contributed by atoms with Gasteiger partial charge in [-0.3, -0.25) is 9.69 Å². The number of nitrogens with zero attached hydrogens (tertiary/aromatic N) is 3. The molecule has 2 aromatic rings. The minimum absolute atomic E-state index is 0.0118. The number of benzene rings is 2. The molecule has 2 saturated heterocycles. The van der Waals surface area contributed by atoms with Crippen LogP contribution < -0.4 is 14.5 Å². The fourth-order valence-corrected chi connectivity index (χ4v) is 4.62. The number of rotatable bonds is 5. The summed E-state index contributed by atoms with van der Waals surface area (Å²) in [5.41, 5.74) is -2.38. The lowest BCUT2D eigenvalue weighted by Gasteiger charge is -2.29. The fraction of sp³-hybridized carbons (Fsp3) is 0.375. The third-order valence-electron chi connectivity index (χ3n) is 6.08. The normalized spacial score (nSPS) is 22.0. The first-order valence-corrected chi connectivity index (χ1v) is 11.1. The molecule has 2 unspecified atom stereocenters. The van der Waals surface area contributed by atoms with Gasteiger partial charge in [-0.05, 0) is 68.5 Å². The lowest BCUT2D eigenvalue weighted by molar-refractivity contribution is -0.137. The number of hydrogen-bond acceptors (Lipinski definition) is 6. The van der Waals surface area contributed by atoms with E-state index in [0.717, 1.165) is 17.0 Å². The van der Waals surface area contributed by atoms with E-state index in [-0.39, 0.29) is 29.9 Å². The molecule has 11 heteroatoms. The van der Waals surface area contributed by atoms with Crippen molar-refractivity contribution < 1.29 is 32.5 Å². The van der Waals surface area contributed by atoms with Crippen LogP contribution in [0, 0.1) is 17.2 Å². The first-order valence-electron chi connectivity index (χ1n) is 10.7. The number of alkyl halides is 3. The molecule has 2 fully saturated rings. The van der Waals surface area contributed by atoms with E-state index in [1.807, 2.05) is 0 Å². The molecular weight excluding hydrogens is 483 g/mol. The summed E-state index contributed by atoms with van der Waals surface area (Å²) in [6.45, 7) is 4.23. The number of amides is 1. The van der Waals surface area contributed by atoms with Crippen molar-refractivity contribution in [2.24, 2.45) is 5.92 Å². The van der Waals surface area contributed by atoms with Crippen molar-refractivity contribution >= 4 is 34.6 Å². The molecule has 35 heavy (non-hydrogen) atoms. The van der Waals surface area contributed by atoms with Crippen molar-refractivity contribution in [2.45, 2.75) is 31.7 Å². The SMILES string of the molecule is CC1(C)C(=O)N(c2ccc(C#N)c(C(F)(F)F)c2)C(=S)N1c1ccc(OCC2COCC2O)cc1. The molecule has 1 amide bonds. The van der Waals surface area contributed by atoms with E-state index in [0.29, 0.717) is 18.0 Å². The zero-order valence-electron chi connectivity index (χ0n) is 18.9. The smallest absolute Gasteiger partial charge is 0.417 e. The number of halogens is 3. The summed E-state index contributed by atoms with van der Waals surface area (Å²) in [6, 6.07) is 11.4. The van der Waals surface area contributed by atoms with Crippen LogP contribution in [0.15, 0.2) is 42.5 Å². The molecule has 0 aliphatic carbocycles. The number of aliphatic hydroxyl groups excluding tert-OH is 1. The lowest BCUT2D eigenvalue weighted by Crippen LogP contribution is -2.44. The van der Waals surface area contributed by atoms with Gasteiger partial charge >= 0.3 is 6.18 Å². The van der Waals surface area contributed by atoms with Gasteiger partial charge in [-0.2, -0.15) is 18.4 Å². The van der Waals surface area contributed by atoms with Crippen LogP contribution in [-0.2, 0) is 15.7 Å². The van der Waals surface area contributed by atoms with Crippen molar-refractivity contribution in [3.05, 3.63) is 53.6 Å². The molecule has 2 atom stereocenters. The predicted octanol–water partition coefficient (Wildman–Crippen LogP) is 3.88. The van der Waals surface area contributed by atoms with Crippen LogP contribution in [0.5, 0.6) is 5.75 Å². The molecule has 2 aromatic carbocycles. The maximum atomic E-state index is 13.5. The molecule has 4 rings (SSSR count). The number of anilines is 2. The first kappa shape index (κ1) is 24.9. The molecule has 184 valence electrons. The zero-order valence-corrected chi connectivity index (χ0v) is 19.7. The largest absolute Gasteiger partial charge is 0.493 e. The Labute approximate surface area is 205 Å². The number of aliphatic hydroxyl groups is 1. The Bertz CT molecular complexity index is 1190. The van der Waals surface area contributed by atoms with Gasteiger partial charge in [0.05, 0.1) is 48.8 Å². The molecule has 7 nitrogen and oxygen atoms in total. The topological polar surface area (TPSA) is 86.0 Å². The average Bonchev–Trinajstić information content (AvgIpc) is 3.29. The van der Waals surface area contributed by atoms with E-state index < -0.39 is 34.9 Å². The van der Waals surface area contributed by atoms with Crippen molar-refractivity contribution in [3.63, 3.8) is 0 Å². The molecule has 2 heterocycles. The molecule has 0 saturated carbocycles. The van der Waals surface area contributed by atoms with Crippen molar-refractivity contribution in [2.75, 3.05) is 29.6 Å². The maximum absolute atomic E-state index is 13.5. The predicted molar refractivity (Wildman–Crippen MR) is 125 cm³/mol. The summed E-state index contributed by atoms with van der Waals surface area (Å²) in [7, 11) is 0. The van der Waals surface area contributed by atoms with Crippen LogP contribution in [0.3, 0.4) is 0 Å². The number of carbonyl (C=O) groups is 1. The van der Waals surface area contributed by atoms with Gasteiger partial charge in [0.2, 0.25) is 0 Å². The quantitative estimate of drug-likeness (QED) is 0.618. The van der Waals surface area contributed by atoms with E-state index in [9.17, 15) is 23.1 Å². The second kappa shape index (κ2) is 9.11. The first-order chi connectivity index (χ1) is 16.4. The van der Waals surface area contributed by atoms with Gasteiger partial charge in [0, 0.05) is 11.6 Å². The van der Waals surface area contributed by atoms with Crippen LogP contribution in [0.2, 0.25) is 0 Å². The lowest BCUT2D eigenvalue weighted by atomic mass is 10.0. The highest BCUT2D eigenvalue weighted by Crippen LogP contribution is 2.40. The molecule has 2 aliphatic heterocycles. The van der Waals surface area contributed by atoms with Crippen LogP contribution in [0.4, 0.5) is 24.5 Å². The molecule has 0 spiro atoms. The molecular formula is C24H22F3N3O4S. The Morgan fingerprint density at radius 2 is 1.86 bits per heavy atom. The number of nitriles is 1. The summed E-state index contributed by atoms with van der Waals surface area (Å²) < 4.78 is 51.4. The molecule has 0 aromatic heterocycles. The fourth-order valence-electron chi connectivity index (χ4n) is 4.10. The van der Waals surface area contributed by atoms with Gasteiger partial charge < -0.3 is 19.5 Å². The number of carbonyl (C=O) groups excluding carboxylic acids is 1. The molecule has 0 bridgehead atoms. The van der Waals surface area contributed by atoms with Crippen molar-refractivity contribution in [1.82, 2.24) is 0 Å². The van der Waals surface area contributed by atoms with Crippen molar-refractivity contribution in [1.29, 1.82) is 5.26 Å². The van der Waals surface area contributed by atoms with E-state index in [1.54, 1.807) is 43.0 Å². The van der Waals surface area contributed by atoms with Gasteiger partial charge in [-0.1, -0.05) is 0 Å². The summed E-state index contributed by atoms with van der Waals surface area (Å²) in [6.07, 6.45) is -5.34. The highest BCUT2D eigenvalue weighted by atomic mass is 32.1. The molecule has 1 N–H and O–H groups in total. The Morgan fingerprint density at radius 1 is 1.20 bits per heavy atom. The minimum atomic E-state index is -4.77. The Morgan fingerprint density at radius 3 is 2.43 bits per heavy atom. The summed E-state index contributed by atoms with van der Waals surface area (Å²) >= 11 is 5.53. The van der Waals surface area contributed by atoms with Crippen LogP contribution in [-0.4, -0.2) is 47.6 Å². The highest BCUT2D eigenvalue weighted by Gasteiger charge is 2.50. The van der Waals surface area contributed by atoms with Crippen molar-refractivity contribution in [3.8, 4) is 11.8 Å². The van der Waals surface area contributed by atoms with Gasteiger partial charge in [0.25, 0.3) is 5.91 Å². The number of hydrogen-bond donors (Lipinski definition) is 1. The highest BCUT2D eigenvalue weighted by molar-refractivity contribution is 7.81. The van der Waals surface area contributed by atoms with Gasteiger partial charge in [-0.25, -0.2) is 0 Å². The Balaban J connectivity index is 1.59. The molecule has 2 aliphatic rings. The standard InChI is InChI=1S/C24H22F3N3O4S/c1-23(2)21(32)29(17-4-3-14(10-28)19(9-17)24(25,26)27)22(35)30(23)16-5-7-18(8-6-16)34-12-15-11-33-13-20(15)31/h3-9,15,20,31H,11-13H2,1-2H3. The van der Waals surface area contributed by atoms with Gasteiger partial charge in [0.15, 0.2) is 5.11 Å². The maximum Gasteiger partial charge on any atom is 0.417 e. The average molecular weight is 506 g/mol. The third-order valence-corrected chi connectivity index (χ3v) is 6.44. The van der Waals surface area contributed by atoms with E-state index in [1.165, 1.54) is 12.1 Å². The third kappa shape index (κ3) is 4.57. The van der Waals surface area contributed by atoms with Crippen LogP contribution in [0.1, 0.15) is 25.0 Å².